The van der Waals surface area contributed by atoms with Gasteiger partial charge in [-0.25, -0.2) is 4.79 Å². The molecule has 0 heterocycles. The molecule has 2 rings (SSSR count). The van der Waals surface area contributed by atoms with Crippen LogP contribution in [0.2, 0.25) is 0 Å². The van der Waals surface area contributed by atoms with Crippen molar-refractivity contribution >= 4 is 27.8 Å². The summed E-state index contributed by atoms with van der Waals surface area (Å²) in [7, 11) is 0. The third-order valence-corrected chi connectivity index (χ3v) is 4.00. The van der Waals surface area contributed by atoms with Gasteiger partial charge in [-0.2, -0.15) is 0 Å². The number of halogens is 1. The van der Waals surface area contributed by atoms with Crippen molar-refractivity contribution in [2.75, 3.05) is 0 Å². The van der Waals surface area contributed by atoms with Gasteiger partial charge >= 0.3 is 5.97 Å². The Kier molecular flexibility index (Phi) is 4.75. The number of benzene rings is 2. The molecule has 4 nitrogen and oxygen atoms in total. The Bertz CT molecular complexity index is 698. The Hall–Kier alpha value is -2.14. The number of aryl methyl sites for hydroxylation is 1. The molecule has 0 radical (unpaired) electrons. The molecule has 2 N–H and O–H groups in total. The Morgan fingerprint density at radius 3 is 2.57 bits per heavy atom. The summed E-state index contributed by atoms with van der Waals surface area (Å²) in [5, 5.41) is 11.8. The van der Waals surface area contributed by atoms with E-state index in [1.54, 1.807) is 30.3 Å². The quantitative estimate of drug-likeness (QED) is 0.890. The van der Waals surface area contributed by atoms with Gasteiger partial charge < -0.3 is 10.4 Å². The van der Waals surface area contributed by atoms with Crippen LogP contribution >= 0.6 is 15.9 Å². The van der Waals surface area contributed by atoms with E-state index in [0.29, 0.717) is 11.1 Å². The normalized spacial score (nSPS) is 10.2. The van der Waals surface area contributed by atoms with Crippen molar-refractivity contribution in [1.82, 2.24) is 5.32 Å². The highest BCUT2D eigenvalue weighted by Crippen LogP contribution is 2.17. The summed E-state index contributed by atoms with van der Waals surface area (Å²) < 4.78 is 0.940. The zero-order chi connectivity index (χ0) is 15.4. The lowest BCUT2D eigenvalue weighted by molar-refractivity contribution is 0.0694. The second-order valence-electron chi connectivity index (χ2n) is 4.61. The molecule has 0 aliphatic heterocycles. The number of aromatic carboxylic acids is 1. The summed E-state index contributed by atoms with van der Waals surface area (Å²) in [6.07, 6.45) is 0. The highest BCUT2D eigenvalue weighted by atomic mass is 79.9. The molecule has 2 aromatic carbocycles. The molecule has 1 amide bonds. The molecule has 0 aliphatic rings. The first-order valence-corrected chi connectivity index (χ1v) is 7.14. The van der Waals surface area contributed by atoms with Crippen LogP contribution in [-0.2, 0) is 6.54 Å². The average Bonchev–Trinajstić information content (AvgIpc) is 2.47. The fourth-order valence-electron chi connectivity index (χ4n) is 1.95. The number of carbonyl (C=O) groups excluding carboxylic acids is 1. The minimum Gasteiger partial charge on any atom is -0.478 e. The first-order chi connectivity index (χ1) is 9.99. The van der Waals surface area contributed by atoms with Gasteiger partial charge in [0.1, 0.15) is 0 Å². The highest BCUT2D eigenvalue weighted by Gasteiger charge is 2.11. The van der Waals surface area contributed by atoms with E-state index >= 15 is 0 Å². The predicted molar refractivity (Wildman–Crippen MR) is 83.5 cm³/mol. The van der Waals surface area contributed by atoms with Crippen LogP contribution in [0.3, 0.4) is 0 Å². The van der Waals surface area contributed by atoms with Crippen molar-refractivity contribution < 1.29 is 14.7 Å². The summed E-state index contributed by atoms with van der Waals surface area (Å²) in [5.74, 6) is -1.23. The van der Waals surface area contributed by atoms with E-state index in [1.165, 1.54) is 6.07 Å². The molecule has 0 aliphatic carbocycles. The van der Waals surface area contributed by atoms with Gasteiger partial charge in [0, 0.05) is 16.6 Å². The number of nitrogens with one attached hydrogen (secondary N) is 1. The van der Waals surface area contributed by atoms with Gasteiger partial charge in [-0.05, 0) is 42.3 Å². The highest BCUT2D eigenvalue weighted by molar-refractivity contribution is 9.10. The summed E-state index contributed by atoms with van der Waals surface area (Å²) in [6.45, 7) is 2.08. The third kappa shape index (κ3) is 3.70. The van der Waals surface area contributed by atoms with E-state index < -0.39 is 5.97 Å². The number of carbonyl (C=O) groups is 2. The van der Waals surface area contributed by atoms with Gasteiger partial charge in [0.2, 0.25) is 0 Å². The van der Waals surface area contributed by atoms with E-state index in [0.717, 1.165) is 10.0 Å². The van der Waals surface area contributed by atoms with Gasteiger partial charge in [0.25, 0.3) is 5.91 Å². The van der Waals surface area contributed by atoms with Crippen molar-refractivity contribution in [3.63, 3.8) is 0 Å². The van der Waals surface area contributed by atoms with Crippen LogP contribution in [0.4, 0.5) is 0 Å². The van der Waals surface area contributed by atoms with E-state index in [4.69, 9.17) is 5.11 Å². The fourth-order valence-corrected chi connectivity index (χ4v) is 2.19. The van der Waals surface area contributed by atoms with Crippen molar-refractivity contribution in [3.8, 4) is 0 Å². The van der Waals surface area contributed by atoms with Crippen molar-refractivity contribution in [2.24, 2.45) is 0 Å². The lowest BCUT2D eigenvalue weighted by atomic mass is 10.1. The first kappa shape index (κ1) is 15.3. The number of carboxylic acid groups (broad SMARTS) is 1. The van der Waals surface area contributed by atoms with Crippen LogP contribution in [0.5, 0.6) is 0 Å². The number of hydrogen-bond donors (Lipinski definition) is 2. The SMILES string of the molecule is Cc1cc(C(=O)NCc2ccccc2C(=O)O)ccc1Br. The summed E-state index contributed by atoms with van der Waals surface area (Å²) in [4.78, 5) is 23.2. The van der Waals surface area contributed by atoms with Gasteiger partial charge in [-0.1, -0.05) is 34.1 Å². The molecule has 0 saturated heterocycles. The summed E-state index contributed by atoms with van der Waals surface area (Å²) in [6, 6.07) is 11.9. The Morgan fingerprint density at radius 2 is 1.90 bits per heavy atom. The smallest absolute Gasteiger partial charge is 0.336 e. The maximum Gasteiger partial charge on any atom is 0.336 e. The average molecular weight is 348 g/mol. The fraction of sp³-hybridized carbons (Fsp3) is 0.125. The van der Waals surface area contributed by atoms with Gasteiger partial charge in [-0.15, -0.1) is 0 Å². The molecule has 2 aromatic rings. The maximum absolute atomic E-state index is 12.1. The molecular formula is C16H14BrNO3. The van der Waals surface area contributed by atoms with Crippen LogP contribution in [-0.4, -0.2) is 17.0 Å². The van der Waals surface area contributed by atoms with Crippen LogP contribution < -0.4 is 5.32 Å². The van der Waals surface area contributed by atoms with Crippen molar-refractivity contribution in [3.05, 3.63) is 69.2 Å². The van der Waals surface area contributed by atoms with Crippen molar-refractivity contribution in [1.29, 1.82) is 0 Å². The maximum atomic E-state index is 12.1. The van der Waals surface area contributed by atoms with E-state index in [-0.39, 0.29) is 18.0 Å². The molecular weight excluding hydrogens is 334 g/mol. The number of hydrogen-bond acceptors (Lipinski definition) is 2. The van der Waals surface area contributed by atoms with Crippen LogP contribution in [0.1, 0.15) is 31.8 Å². The zero-order valence-electron chi connectivity index (χ0n) is 11.4. The van der Waals surface area contributed by atoms with E-state index in [9.17, 15) is 9.59 Å². The first-order valence-electron chi connectivity index (χ1n) is 6.34. The van der Waals surface area contributed by atoms with Gasteiger partial charge in [-0.3, -0.25) is 4.79 Å². The van der Waals surface area contributed by atoms with Crippen molar-refractivity contribution in [2.45, 2.75) is 13.5 Å². The zero-order valence-corrected chi connectivity index (χ0v) is 13.0. The molecule has 108 valence electrons. The molecule has 0 bridgehead atoms. The Balaban J connectivity index is 2.11. The molecule has 0 spiro atoms. The van der Waals surface area contributed by atoms with E-state index in [1.807, 2.05) is 13.0 Å². The lowest BCUT2D eigenvalue weighted by Gasteiger charge is -2.09. The van der Waals surface area contributed by atoms with Gasteiger partial charge in [0.15, 0.2) is 0 Å². The topological polar surface area (TPSA) is 66.4 Å². The van der Waals surface area contributed by atoms with Gasteiger partial charge in [0.05, 0.1) is 5.56 Å². The Labute approximate surface area is 130 Å². The second-order valence-corrected chi connectivity index (χ2v) is 5.46. The van der Waals surface area contributed by atoms with Crippen LogP contribution in [0, 0.1) is 6.92 Å². The van der Waals surface area contributed by atoms with Crippen LogP contribution in [0.25, 0.3) is 0 Å². The molecule has 0 unspecified atom stereocenters. The molecule has 0 fully saturated rings. The molecule has 0 atom stereocenters. The standard InChI is InChI=1S/C16H14BrNO3/c1-10-8-11(6-7-14(10)17)15(19)18-9-12-4-2-3-5-13(12)16(20)21/h2-8H,9H2,1H3,(H,18,19)(H,20,21). The summed E-state index contributed by atoms with van der Waals surface area (Å²) in [5.41, 5.74) is 2.29. The monoisotopic (exact) mass is 347 g/mol. The summed E-state index contributed by atoms with van der Waals surface area (Å²) >= 11 is 3.38. The number of amides is 1. The largest absolute Gasteiger partial charge is 0.478 e. The van der Waals surface area contributed by atoms with Crippen LogP contribution in [0.15, 0.2) is 46.9 Å². The lowest BCUT2D eigenvalue weighted by Crippen LogP contribution is -2.24. The molecule has 21 heavy (non-hydrogen) atoms. The number of rotatable bonds is 4. The molecule has 0 aromatic heterocycles. The molecule has 0 saturated carbocycles. The third-order valence-electron chi connectivity index (χ3n) is 3.11. The van der Waals surface area contributed by atoms with E-state index in [2.05, 4.69) is 21.2 Å². The second kappa shape index (κ2) is 6.54. The predicted octanol–water partition coefficient (Wildman–Crippen LogP) is 3.39. The minimum absolute atomic E-state index is 0.177. The molecule has 5 heteroatoms. The Morgan fingerprint density at radius 1 is 1.19 bits per heavy atom. The number of carboxylic acids is 1. The minimum atomic E-state index is -1.00.